The first-order chi connectivity index (χ1) is 15.3. The summed E-state index contributed by atoms with van der Waals surface area (Å²) in [6, 6.07) is 16.1. The largest absolute Gasteiger partial charge is 0.464 e. The second kappa shape index (κ2) is 8.40. The van der Waals surface area contributed by atoms with Gasteiger partial charge in [0.15, 0.2) is 15.5 Å². The summed E-state index contributed by atoms with van der Waals surface area (Å²) in [5.41, 5.74) is 4.51. The Hall–Kier alpha value is -3.76. The van der Waals surface area contributed by atoms with Gasteiger partial charge in [0.1, 0.15) is 16.5 Å². The number of carbonyl (C=O) groups excluding carboxylic acids is 1. The number of furan rings is 1. The Morgan fingerprint density at radius 3 is 2.41 bits per heavy atom. The summed E-state index contributed by atoms with van der Waals surface area (Å²) in [4.78, 5) is 16.5. The number of nitrogens with one attached hydrogen (secondary N) is 1. The van der Waals surface area contributed by atoms with Gasteiger partial charge in [-0.1, -0.05) is 24.3 Å². The van der Waals surface area contributed by atoms with Gasteiger partial charge in [0, 0.05) is 23.4 Å². The molecule has 10 heteroatoms. The van der Waals surface area contributed by atoms with E-state index in [-0.39, 0.29) is 11.4 Å². The summed E-state index contributed by atoms with van der Waals surface area (Å²) in [6.07, 6.45) is 2.51. The third-order valence-electron chi connectivity index (χ3n) is 4.68. The van der Waals surface area contributed by atoms with Crippen LogP contribution in [-0.2, 0) is 14.7 Å². The first kappa shape index (κ1) is 21.5. The monoisotopic (exact) mass is 455 g/mol. The van der Waals surface area contributed by atoms with E-state index in [9.17, 15) is 17.6 Å². The summed E-state index contributed by atoms with van der Waals surface area (Å²) < 4.78 is 44.8. The van der Waals surface area contributed by atoms with Gasteiger partial charge in [-0.25, -0.2) is 23.0 Å². The van der Waals surface area contributed by atoms with Crippen LogP contribution in [0.25, 0.3) is 28.3 Å². The van der Waals surface area contributed by atoms with E-state index in [0.717, 1.165) is 17.9 Å². The van der Waals surface area contributed by atoms with Crippen LogP contribution in [0.1, 0.15) is 10.5 Å². The molecule has 2 aromatic carbocycles. The fourth-order valence-electron chi connectivity index (χ4n) is 3.21. The Morgan fingerprint density at radius 2 is 1.81 bits per heavy atom. The molecule has 2 heterocycles. The Kier molecular flexibility index (Phi) is 5.64. The molecule has 0 saturated carbocycles. The van der Waals surface area contributed by atoms with Crippen molar-refractivity contribution in [2.75, 3.05) is 13.4 Å². The molecular weight excluding hydrogens is 437 g/mol. The van der Waals surface area contributed by atoms with E-state index in [1.54, 1.807) is 12.3 Å². The van der Waals surface area contributed by atoms with Crippen LogP contribution in [0.2, 0.25) is 0 Å². The van der Waals surface area contributed by atoms with Gasteiger partial charge in [-0.2, -0.15) is 5.10 Å². The highest BCUT2D eigenvalue weighted by atomic mass is 32.2. The zero-order valence-corrected chi connectivity index (χ0v) is 17.9. The van der Waals surface area contributed by atoms with Crippen molar-refractivity contribution in [3.63, 3.8) is 0 Å². The molecule has 0 saturated heterocycles. The van der Waals surface area contributed by atoms with Gasteiger partial charge in [0.05, 0.1) is 24.8 Å². The molecule has 0 unspecified atom stereocenters. The molecule has 0 fully saturated rings. The lowest BCUT2D eigenvalue weighted by molar-refractivity contribution is 0.0532. The molecule has 32 heavy (non-hydrogen) atoms. The minimum absolute atomic E-state index is 0.0320. The Labute approximate surface area is 183 Å². The minimum Gasteiger partial charge on any atom is -0.464 e. The van der Waals surface area contributed by atoms with E-state index >= 15 is 0 Å². The summed E-state index contributed by atoms with van der Waals surface area (Å²) in [7, 11) is -2.44. The van der Waals surface area contributed by atoms with E-state index in [1.807, 2.05) is 30.3 Å². The number of amides is 1. The molecule has 4 aromatic rings. The zero-order chi connectivity index (χ0) is 22.9. The second-order valence-electron chi connectivity index (χ2n) is 6.90. The highest BCUT2D eigenvalue weighted by Crippen LogP contribution is 2.28. The lowest BCUT2D eigenvalue weighted by Gasteiger charge is -2.10. The number of sulfone groups is 1. The van der Waals surface area contributed by atoms with Crippen molar-refractivity contribution in [1.82, 2.24) is 15.3 Å². The molecule has 0 bridgehead atoms. The van der Waals surface area contributed by atoms with E-state index in [0.29, 0.717) is 17.0 Å². The van der Waals surface area contributed by atoms with Crippen LogP contribution in [0.5, 0.6) is 0 Å². The van der Waals surface area contributed by atoms with Gasteiger partial charge in [0.25, 0.3) is 5.91 Å². The molecular formula is C22H18FN3O5S. The SMILES string of the molecule is CONC(=O)c1cc(-c2ccc(-c3ccco3)cc2)n(-c2ccc(S(C)(=O)=O)c(F)c2)n1. The molecule has 1 amide bonds. The first-order valence-corrected chi connectivity index (χ1v) is 11.2. The van der Waals surface area contributed by atoms with E-state index < -0.39 is 26.5 Å². The van der Waals surface area contributed by atoms with Gasteiger partial charge in [-0.3, -0.25) is 9.63 Å². The number of rotatable bonds is 6. The van der Waals surface area contributed by atoms with Gasteiger partial charge >= 0.3 is 0 Å². The van der Waals surface area contributed by atoms with E-state index in [1.165, 1.54) is 30.0 Å². The zero-order valence-electron chi connectivity index (χ0n) is 17.1. The highest BCUT2D eigenvalue weighted by molar-refractivity contribution is 7.90. The summed E-state index contributed by atoms with van der Waals surface area (Å²) in [5.74, 6) is -0.806. The minimum atomic E-state index is -3.73. The average molecular weight is 455 g/mol. The molecule has 0 radical (unpaired) electrons. The fourth-order valence-corrected chi connectivity index (χ4v) is 3.94. The highest BCUT2D eigenvalue weighted by Gasteiger charge is 2.20. The van der Waals surface area contributed by atoms with Crippen LogP contribution >= 0.6 is 0 Å². The topological polar surface area (TPSA) is 103 Å². The molecule has 0 aliphatic heterocycles. The number of aromatic nitrogens is 2. The van der Waals surface area contributed by atoms with Gasteiger partial charge in [-0.05, 0) is 30.3 Å². The average Bonchev–Trinajstić information content (AvgIpc) is 3.43. The predicted octanol–water partition coefficient (Wildman–Crippen LogP) is 3.63. The maximum atomic E-state index is 14.5. The molecule has 1 N–H and O–H groups in total. The molecule has 164 valence electrons. The molecule has 0 spiro atoms. The maximum absolute atomic E-state index is 14.5. The van der Waals surface area contributed by atoms with Crippen LogP contribution in [0.15, 0.2) is 76.2 Å². The standard InChI is InChI=1S/C22H18FN3O5S/c1-30-25-22(27)18-13-19(14-5-7-15(8-6-14)20-4-3-11-31-20)26(24-18)16-9-10-21(17(23)12-16)32(2,28)29/h3-13H,1-2H3,(H,25,27). The smallest absolute Gasteiger partial charge is 0.295 e. The van der Waals surface area contributed by atoms with Crippen molar-refractivity contribution in [3.05, 3.63) is 78.4 Å². The lowest BCUT2D eigenvalue weighted by Crippen LogP contribution is -2.22. The number of hydrogen-bond acceptors (Lipinski definition) is 6. The first-order valence-electron chi connectivity index (χ1n) is 9.35. The molecule has 0 aliphatic carbocycles. The molecule has 4 rings (SSSR count). The molecule has 2 aromatic heterocycles. The third-order valence-corrected chi connectivity index (χ3v) is 5.81. The maximum Gasteiger partial charge on any atom is 0.295 e. The van der Waals surface area contributed by atoms with Crippen molar-refractivity contribution in [1.29, 1.82) is 0 Å². The van der Waals surface area contributed by atoms with Crippen LogP contribution in [0.3, 0.4) is 0 Å². The number of hydrogen-bond donors (Lipinski definition) is 1. The van der Waals surface area contributed by atoms with Crippen LogP contribution in [0.4, 0.5) is 4.39 Å². The quantitative estimate of drug-likeness (QED) is 0.446. The van der Waals surface area contributed by atoms with Crippen LogP contribution in [-0.4, -0.2) is 37.5 Å². The van der Waals surface area contributed by atoms with Crippen molar-refractivity contribution in [2.24, 2.45) is 0 Å². The number of halogens is 1. The summed E-state index contributed by atoms with van der Waals surface area (Å²) in [6.45, 7) is 0. The van der Waals surface area contributed by atoms with Gasteiger partial charge < -0.3 is 4.42 Å². The lowest BCUT2D eigenvalue weighted by atomic mass is 10.1. The molecule has 8 nitrogen and oxygen atoms in total. The molecule has 0 aliphatic rings. The fraction of sp³-hybridized carbons (Fsp3) is 0.0909. The van der Waals surface area contributed by atoms with Crippen LogP contribution in [0, 0.1) is 5.82 Å². The third kappa shape index (κ3) is 4.18. The van der Waals surface area contributed by atoms with Crippen molar-refractivity contribution >= 4 is 15.7 Å². The summed E-state index contributed by atoms with van der Waals surface area (Å²) >= 11 is 0. The number of carbonyl (C=O) groups is 1. The van der Waals surface area contributed by atoms with Crippen molar-refractivity contribution < 1.29 is 26.9 Å². The van der Waals surface area contributed by atoms with Crippen LogP contribution < -0.4 is 5.48 Å². The molecule has 0 atom stereocenters. The van der Waals surface area contributed by atoms with E-state index in [4.69, 9.17) is 4.42 Å². The Morgan fingerprint density at radius 1 is 1.09 bits per heavy atom. The van der Waals surface area contributed by atoms with Crippen molar-refractivity contribution in [3.8, 4) is 28.3 Å². The Balaban J connectivity index is 1.82. The van der Waals surface area contributed by atoms with Crippen molar-refractivity contribution in [2.45, 2.75) is 4.90 Å². The van der Waals surface area contributed by atoms with E-state index in [2.05, 4.69) is 15.4 Å². The normalized spacial score (nSPS) is 11.5. The predicted molar refractivity (Wildman–Crippen MR) is 114 cm³/mol. The Bertz CT molecular complexity index is 1380. The van der Waals surface area contributed by atoms with Gasteiger partial charge in [0.2, 0.25) is 0 Å². The number of benzene rings is 2. The second-order valence-corrected chi connectivity index (χ2v) is 8.89. The number of hydroxylamine groups is 1. The van der Waals surface area contributed by atoms with Gasteiger partial charge in [-0.15, -0.1) is 0 Å². The summed E-state index contributed by atoms with van der Waals surface area (Å²) in [5, 5.41) is 4.27. The number of nitrogens with zero attached hydrogens (tertiary/aromatic N) is 2.